The lowest BCUT2D eigenvalue weighted by molar-refractivity contribution is -0.384. The first kappa shape index (κ1) is 18.5. The van der Waals surface area contributed by atoms with Crippen LogP contribution in [-0.2, 0) is 16.4 Å². The van der Waals surface area contributed by atoms with Crippen LogP contribution in [0.15, 0.2) is 41.3 Å². The van der Waals surface area contributed by atoms with Gasteiger partial charge in [0.05, 0.1) is 9.82 Å². The van der Waals surface area contributed by atoms with Crippen molar-refractivity contribution in [2.45, 2.75) is 11.4 Å². The maximum atomic E-state index is 11.6. The van der Waals surface area contributed by atoms with Crippen molar-refractivity contribution in [1.82, 2.24) is 0 Å². The van der Waals surface area contributed by atoms with Crippen LogP contribution in [0, 0.1) is 10.1 Å². The Balaban J connectivity index is 2.41. The minimum Gasteiger partial charge on any atom is -0.365 e. The fourth-order valence-electron chi connectivity index (χ4n) is 2.19. The van der Waals surface area contributed by atoms with E-state index in [4.69, 9.17) is 23.2 Å². The van der Waals surface area contributed by atoms with Gasteiger partial charge < -0.3 is 4.90 Å². The molecule has 0 atom stereocenters. The van der Waals surface area contributed by atoms with E-state index >= 15 is 0 Å². The van der Waals surface area contributed by atoms with E-state index in [2.05, 4.69) is 0 Å². The van der Waals surface area contributed by atoms with Gasteiger partial charge in [-0.2, -0.15) is 0 Å². The zero-order valence-electron chi connectivity index (χ0n) is 12.9. The van der Waals surface area contributed by atoms with E-state index in [1.165, 1.54) is 12.1 Å². The summed E-state index contributed by atoms with van der Waals surface area (Å²) in [5, 5.41) is 12.3. The number of anilines is 1. The Kier molecular flexibility index (Phi) is 5.37. The summed E-state index contributed by atoms with van der Waals surface area (Å²) < 4.78 is 23.2. The molecule has 0 amide bonds. The molecule has 0 aliphatic carbocycles. The van der Waals surface area contributed by atoms with Crippen LogP contribution in [0.1, 0.15) is 5.56 Å². The van der Waals surface area contributed by atoms with Gasteiger partial charge in [0, 0.05) is 36.0 Å². The van der Waals surface area contributed by atoms with Gasteiger partial charge >= 0.3 is 0 Å². The number of benzene rings is 2. The average molecular weight is 389 g/mol. The van der Waals surface area contributed by atoms with E-state index in [9.17, 15) is 18.5 Å². The van der Waals surface area contributed by atoms with Crippen molar-refractivity contribution in [2.75, 3.05) is 18.2 Å². The lowest BCUT2D eigenvalue weighted by atomic mass is 10.2. The third kappa shape index (κ3) is 4.17. The highest BCUT2D eigenvalue weighted by Gasteiger charge is 2.21. The fraction of sp³-hybridized carbons (Fsp3) is 0.200. The second kappa shape index (κ2) is 6.96. The molecule has 0 spiro atoms. The number of nitro benzene ring substituents is 1. The highest BCUT2D eigenvalue weighted by molar-refractivity contribution is 7.90. The molecule has 2 aromatic rings. The van der Waals surface area contributed by atoms with E-state index < -0.39 is 14.8 Å². The summed E-state index contributed by atoms with van der Waals surface area (Å²) >= 11 is 12.0. The second-order valence-corrected chi connectivity index (χ2v) is 8.13. The molecule has 0 aromatic heterocycles. The Bertz CT molecular complexity index is 900. The predicted octanol–water partition coefficient (Wildman–Crippen LogP) is 3.94. The summed E-state index contributed by atoms with van der Waals surface area (Å²) in [6, 6.07) is 8.82. The van der Waals surface area contributed by atoms with Crippen LogP contribution in [0.5, 0.6) is 0 Å². The minimum absolute atomic E-state index is 0.101. The molecule has 24 heavy (non-hydrogen) atoms. The molecule has 0 bridgehead atoms. The maximum absolute atomic E-state index is 11.6. The van der Waals surface area contributed by atoms with Gasteiger partial charge in [-0.3, -0.25) is 10.1 Å². The van der Waals surface area contributed by atoms with Crippen molar-refractivity contribution >= 4 is 44.4 Å². The molecule has 0 aliphatic heterocycles. The lowest BCUT2D eigenvalue weighted by Crippen LogP contribution is -2.18. The number of halogens is 2. The zero-order chi connectivity index (χ0) is 18.1. The third-order valence-corrected chi connectivity index (χ3v) is 5.10. The molecule has 0 saturated heterocycles. The van der Waals surface area contributed by atoms with Gasteiger partial charge in [0.15, 0.2) is 9.84 Å². The van der Waals surface area contributed by atoms with E-state index in [0.717, 1.165) is 17.9 Å². The molecule has 2 rings (SSSR count). The Labute approximate surface area is 149 Å². The molecular weight excluding hydrogens is 375 g/mol. The van der Waals surface area contributed by atoms with Gasteiger partial charge in [-0.05, 0) is 29.8 Å². The number of sulfone groups is 1. The Morgan fingerprint density at radius 3 is 2.38 bits per heavy atom. The second-order valence-electron chi connectivity index (χ2n) is 5.27. The molecule has 0 radical (unpaired) electrons. The largest absolute Gasteiger partial charge is 0.365 e. The molecular formula is C15H14Cl2N2O4S. The van der Waals surface area contributed by atoms with Crippen molar-refractivity contribution in [1.29, 1.82) is 0 Å². The van der Waals surface area contributed by atoms with Crippen molar-refractivity contribution in [3.05, 3.63) is 62.1 Å². The van der Waals surface area contributed by atoms with Crippen LogP contribution in [0.2, 0.25) is 10.0 Å². The number of hydrogen-bond acceptors (Lipinski definition) is 5. The van der Waals surface area contributed by atoms with Crippen LogP contribution in [0.25, 0.3) is 0 Å². The Hall–Kier alpha value is -1.83. The minimum atomic E-state index is -3.53. The van der Waals surface area contributed by atoms with Crippen LogP contribution in [0.4, 0.5) is 11.4 Å². The topological polar surface area (TPSA) is 80.5 Å². The highest BCUT2D eigenvalue weighted by atomic mass is 35.5. The van der Waals surface area contributed by atoms with Crippen molar-refractivity contribution in [2.24, 2.45) is 0 Å². The zero-order valence-corrected chi connectivity index (χ0v) is 15.2. The van der Waals surface area contributed by atoms with Crippen molar-refractivity contribution in [3.8, 4) is 0 Å². The van der Waals surface area contributed by atoms with Gasteiger partial charge in [-0.15, -0.1) is 0 Å². The molecule has 0 N–H and O–H groups in total. The Morgan fingerprint density at radius 1 is 1.17 bits per heavy atom. The Morgan fingerprint density at radius 2 is 1.83 bits per heavy atom. The third-order valence-electron chi connectivity index (χ3n) is 3.41. The van der Waals surface area contributed by atoms with Crippen LogP contribution < -0.4 is 4.90 Å². The van der Waals surface area contributed by atoms with Gasteiger partial charge in [-0.25, -0.2) is 8.42 Å². The maximum Gasteiger partial charge on any atom is 0.293 e. The number of nitro groups is 1. The molecule has 0 saturated carbocycles. The van der Waals surface area contributed by atoms with Crippen LogP contribution >= 0.6 is 23.2 Å². The smallest absolute Gasteiger partial charge is 0.293 e. The molecule has 6 nitrogen and oxygen atoms in total. The van der Waals surface area contributed by atoms with Gasteiger partial charge in [0.2, 0.25) is 0 Å². The predicted molar refractivity (Wildman–Crippen MR) is 94.8 cm³/mol. The first-order valence-corrected chi connectivity index (χ1v) is 9.38. The first-order chi connectivity index (χ1) is 11.1. The summed E-state index contributed by atoms with van der Waals surface area (Å²) in [5.41, 5.74) is 0.744. The first-order valence-electron chi connectivity index (χ1n) is 6.73. The van der Waals surface area contributed by atoms with Crippen molar-refractivity contribution in [3.63, 3.8) is 0 Å². The normalized spacial score (nSPS) is 11.3. The summed E-state index contributed by atoms with van der Waals surface area (Å²) in [7, 11) is -1.87. The lowest BCUT2D eigenvalue weighted by Gasteiger charge is -2.20. The molecule has 0 fully saturated rings. The van der Waals surface area contributed by atoms with E-state index in [1.54, 1.807) is 30.1 Å². The molecule has 0 unspecified atom stereocenters. The van der Waals surface area contributed by atoms with Crippen LogP contribution in [0.3, 0.4) is 0 Å². The number of rotatable bonds is 5. The number of hydrogen-bond donors (Lipinski definition) is 0. The quantitative estimate of drug-likeness (QED) is 0.572. The van der Waals surface area contributed by atoms with Gasteiger partial charge in [0.25, 0.3) is 5.69 Å². The SMILES string of the molecule is CN(Cc1ccc(Cl)cc1Cl)c1ccc(S(C)(=O)=O)cc1[N+](=O)[O-]. The molecule has 9 heteroatoms. The van der Waals surface area contributed by atoms with E-state index in [1.807, 2.05) is 0 Å². The molecule has 2 aromatic carbocycles. The van der Waals surface area contributed by atoms with Crippen molar-refractivity contribution < 1.29 is 13.3 Å². The average Bonchev–Trinajstić information content (AvgIpc) is 2.48. The molecule has 0 heterocycles. The summed E-state index contributed by atoms with van der Waals surface area (Å²) in [4.78, 5) is 12.2. The summed E-state index contributed by atoms with van der Waals surface area (Å²) in [6.45, 7) is 0.301. The molecule has 0 aliphatic rings. The van der Waals surface area contributed by atoms with Gasteiger partial charge in [-0.1, -0.05) is 29.3 Å². The summed E-state index contributed by atoms with van der Waals surface area (Å²) in [6.07, 6.45) is 1.00. The molecule has 128 valence electrons. The summed E-state index contributed by atoms with van der Waals surface area (Å²) in [5.74, 6) is 0. The fourth-order valence-corrected chi connectivity index (χ4v) is 3.30. The van der Waals surface area contributed by atoms with Gasteiger partial charge in [0.1, 0.15) is 5.69 Å². The van der Waals surface area contributed by atoms with Crippen LogP contribution in [-0.4, -0.2) is 26.6 Å². The van der Waals surface area contributed by atoms with E-state index in [0.29, 0.717) is 22.3 Å². The van der Waals surface area contributed by atoms with E-state index in [-0.39, 0.29) is 10.6 Å². The standard InChI is InChI=1S/C15H14Cl2N2O4S/c1-18(9-10-3-4-11(16)7-13(10)17)14-6-5-12(24(2,22)23)8-15(14)19(20)21/h3-8H,9H2,1-2H3. The highest BCUT2D eigenvalue weighted by Crippen LogP contribution is 2.32. The number of nitrogens with zero attached hydrogens (tertiary/aromatic N) is 2. The monoisotopic (exact) mass is 388 g/mol.